The predicted octanol–water partition coefficient (Wildman–Crippen LogP) is 0.00300. The van der Waals surface area contributed by atoms with Crippen LogP contribution in [0.1, 0.15) is 6.92 Å². The van der Waals surface area contributed by atoms with E-state index in [1.54, 1.807) is 6.07 Å². The van der Waals surface area contributed by atoms with Crippen molar-refractivity contribution in [2.75, 3.05) is 37.4 Å². The summed E-state index contributed by atoms with van der Waals surface area (Å²) in [6, 6.07) is 1.94. The Morgan fingerprint density at radius 2 is 2.07 bits per heavy atom. The number of nitrogen functional groups attached to an aromatic ring is 2. The van der Waals surface area contributed by atoms with Crippen molar-refractivity contribution in [2.45, 2.75) is 13.0 Å². The number of hydrogen-bond acceptors (Lipinski definition) is 6. The topological polar surface area (TPSA) is 93.1 Å². The first-order chi connectivity index (χ1) is 6.97. The molecule has 0 aliphatic carbocycles. The maximum absolute atomic E-state index is 5.55. The van der Waals surface area contributed by atoms with E-state index < -0.39 is 0 Å². The van der Waals surface area contributed by atoms with Gasteiger partial charge in [-0.15, -0.1) is 0 Å². The summed E-state index contributed by atoms with van der Waals surface area (Å²) in [7, 11) is 4.03. The Labute approximate surface area is 89.7 Å². The SMILES string of the molecule is CC(CN(C)C)Nc1cc(N)nc(N)n1. The third-order valence-corrected chi connectivity index (χ3v) is 1.80. The Bertz CT molecular complexity index is 304. The lowest BCUT2D eigenvalue weighted by Crippen LogP contribution is -2.30. The minimum atomic E-state index is 0.189. The molecule has 0 aromatic carbocycles. The van der Waals surface area contributed by atoms with E-state index in [9.17, 15) is 0 Å². The van der Waals surface area contributed by atoms with Crippen LogP contribution in [-0.2, 0) is 0 Å². The molecule has 0 bridgehead atoms. The molecular formula is C9H18N6. The minimum Gasteiger partial charge on any atom is -0.383 e. The van der Waals surface area contributed by atoms with Gasteiger partial charge in [0.1, 0.15) is 11.6 Å². The number of nitrogens with two attached hydrogens (primary N) is 2. The summed E-state index contributed by atoms with van der Waals surface area (Å²) in [4.78, 5) is 9.92. The molecule has 1 aromatic rings. The summed E-state index contributed by atoms with van der Waals surface area (Å²) in [5.41, 5.74) is 11.0. The van der Waals surface area contributed by atoms with Crippen LogP contribution in [0, 0.1) is 0 Å². The summed E-state index contributed by atoms with van der Waals surface area (Å²) in [5.74, 6) is 1.23. The molecule has 5 N–H and O–H groups in total. The lowest BCUT2D eigenvalue weighted by Gasteiger charge is -2.18. The third kappa shape index (κ3) is 3.99. The highest BCUT2D eigenvalue weighted by Crippen LogP contribution is 2.10. The van der Waals surface area contributed by atoms with Crippen LogP contribution in [0.4, 0.5) is 17.6 Å². The van der Waals surface area contributed by atoms with Crippen molar-refractivity contribution in [3.05, 3.63) is 6.07 Å². The van der Waals surface area contributed by atoms with Crippen LogP contribution < -0.4 is 16.8 Å². The quantitative estimate of drug-likeness (QED) is 0.648. The Hall–Kier alpha value is -1.56. The van der Waals surface area contributed by atoms with Gasteiger partial charge in [0.05, 0.1) is 0 Å². The second kappa shape index (κ2) is 4.79. The zero-order chi connectivity index (χ0) is 11.4. The number of likely N-dealkylation sites (N-methyl/N-ethyl adjacent to an activating group) is 1. The Kier molecular flexibility index (Phi) is 3.68. The smallest absolute Gasteiger partial charge is 0.223 e. The second-order valence-corrected chi connectivity index (χ2v) is 3.84. The maximum atomic E-state index is 5.55. The molecule has 0 aliphatic heterocycles. The maximum Gasteiger partial charge on any atom is 0.223 e. The van der Waals surface area contributed by atoms with Crippen molar-refractivity contribution in [1.29, 1.82) is 0 Å². The van der Waals surface area contributed by atoms with Gasteiger partial charge in [-0.25, -0.2) is 0 Å². The lowest BCUT2D eigenvalue weighted by atomic mass is 10.3. The molecule has 1 aromatic heterocycles. The highest BCUT2D eigenvalue weighted by molar-refractivity contribution is 5.48. The van der Waals surface area contributed by atoms with Crippen LogP contribution in [0.3, 0.4) is 0 Å². The van der Waals surface area contributed by atoms with Crippen LogP contribution in [0.15, 0.2) is 6.07 Å². The molecule has 84 valence electrons. The number of nitrogens with zero attached hydrogens (tertiary/aromatic N) is 3. The van der Waals surface area contributed by atoms with Crippen LogP contribution in [0.25, 0.3) is 0 Å². The van der Waals surface area contributed by atoms with E-state index in [0.29, 0.717) is 11.6 Å². The minimum absolute atomic E-state index is 0.189. The van der Waals surface area contributed by atoms with E-state index in [4.69, 9.17) is 11.5 Å². The summed E-state index contributed by atoms with van der Waals surface area (Å²) in [6.07, 6.45) is 0. The highest BCUT2D eigenvalue weighted by Gasteiger charge is 2.05. The Balaban J connectivity index is 2.63. The fourth-order valence-electron chi connectivity index (χ4n) is 1.41. The van der Waals surface area contributed by atoms with Gasteiger partial charge in [0, 0.05) is 18.7 Å². The molecule has 1 heterocycles. The zero-order valence-electron chi connectivity index (χ0n) is 9.36. The fraction of sp³-hybridized carbons (Fsp3) is 0.556. The van der Waals surface area contributed by atoms with Crippen molar-refractivity contribution in [3.63, 3.8) is 0 Å². The molecule has 1 atom stereocenters. The average molecular weight is 210 g/mol. The van der Waals surface area contributed by atoms with E-state index >= 15 is 0 Å². The van der Waals surface area contributed by atoms with Crippen LogP contribution >= 0.6 is 0 Å². The Morgan fingerprint density at radius 1 is 1.40 bits per heavy atom. The average Bonchev–Trinajstić information content (AvgIpc) is 1.98. The fourth-order valence-corrected chi connectivity index (χ4v) is 1.41. The van der Waals surface area contributed by atoms with Gasteiger partial charge in [0.2, 0.25) is 5.95 Å². The molecule has 0 saturated carbocycles. The molecule has 1 rings (SSSR count). The van der Waals surface area contributed by atoms with E-state index in [-0.39, 0.29) is 12.0 Å². The van der Waals surface area contributed by atoms with Gasteiger partial charge in [-0.2, -0.15) is 9.97 Å². The van der Waals surface area contributed by atoms with Gasteiger partial charge in [0.15, 0.2) is 0 Å². The number of aromatic nitrogens is 2. The van der Waals surface area contributed by atoms with Gasteiger partial charge in [-0.3, -0.25) is 0 Å². The first-order valence-corrected chi connectivity index (χ1v) is 4.78. The second-order valence-electron chi connectivity index (χ2n) is 3.84. The number of anilines is 3. The molecule has 0 aliphatic rings. The predicted molar refractivity (Wildman–Crippen MR) is 62.5 cm³/mol. The van der Waals surface area contributed by atoms with Gasteiger partial charge in [0.25, 0.3) is 0 Å². The van der Waals surface area contributed by atoms with Gasteiger partial charge in [-0.1, -0.05) is 0 Å². The lowest BCUT2D eigenvalue weighted by molar-refractivity contribution is 0.392. The monoisotopic (exact) mass is 210 g/mol. The molecule has 6 nitrogen and oxygen atoms in total. The first kappa shape index (κ1) is 11.5. The molecule has 1 unspecified atom stereocenters. The number of nitrogens with one attached hydrogen (secondary N) is 1. The molecule has 0 spiro atoms. The van der Waals surface area contributed by atoms with Crippen LogP contribution in [0.5, 0.6) is 0 Å². The molecule has 6 heteroatoms. The Morgan fingerprint density at radius 3 is 2.60 bits per heavy atom. The van der Waals surface area contributed by atoms with Gasteiger partial charge in [-0.05, 0) is 21.0 Å². The standard InChI is InChI=1S/C9H18N6/c1-6(5-15(2)3)12-8-4-7(10)13-9(11)14-8/h4,6H,5H2,1-3H3,(H5,10,11,12,13,14). The molecule has 15 heavy (non-hydrogen) atoms. The highest BCUT2D eigenvalue weighted by atomic mass is 15.1. The summed E-state index contributed by atoms with van der Waals surface area (Å²) >= 11 is 0. The summed E-state index contributed by atoms with van der Waals surface area (Å²) < 4.78 is 0. The molecule has 0 fully saturated rings. The molecule has 0 radical (unpaired) electrons. The van der Waals surface area contributed by atoms with Gasteiger partial charge >= 0.3 is 0 Å². The van der Waals surface area contributed by atoms with E-state index in [1.165, 1.54) is 0 Å². The third-order valence-electron chi connectivity index (χ3n) is 1.80. The number of hydrogen-bond donors (Lipinski definition) is 3. The van der Waals surface area contributed by atoms with Crippen molar-refractivity contribution < 1.29 is 0 Å². The summed E-state index contributed by atoms with van der Waals surface area (Å²) in [5, 5.41) is 3.20. The zero-order valence-corrected chi connectivity index (χ0v) is 9.36. The largest absolute Gasteiger partial charge is 0.383 e. The molecule has 0 amide bonds. The van der Waals surface area contributed by atoms with Crippen molar-refractivity contribution in [1.82, 2.24) is 14.9 Å². The molecular weight excluding hydrogens is 192 g/mol. The van der Waals surface area contributed by atoms with Gasteiger partial charge < -0.3 is 21.7 Å². The van der Waals surface area contributed by atoms with Crippen LogP contribution in [0.2, 0.25) is 0 Å². The summed E-state index contributed by atoms with van der Waals surface area (Å²) in [6.45, 7) is 2.97. The normalized spacial score (nSPS) is 12.8. The first-order valence-electron chi connectivity index (χ1n) is 4.78. The van der Waals surface area contributed by atoms with Crippen LogP contribution in [-0.4, -0.2) is 41.5 Å². The van der Waals surface area contributed by atoms with Crippen molar-refractivity contribution >= 4 is 17.6 Å². The van der Waals surface area contributed by atoms with E-state index in [0.717, 1.165) is 6.54 Å². The number of rotatable bonds is 4. The van der Waals surface area contributed by atoms with E-state index in [1.807, 2.05) is 14.1 Å². The van der Waals surface area contributed by atoms with Crippen molar-refractivity contribution in [2.24, 2.45) is 0 Å². The van der Waals surface area contributed by atoms with Crippen molar-refractivity contribution in [3.8, 4) is 0 Å². The van der Waals surface area contributed by atoms with E-state index in [2.05, 4.69) is 27.1 Å². The molecule has 0 saturated heterocycles.